The third kappa shape index (κ3) is 3.17. The molecule has 2 aliphatic heterocycles. The summed E-state index contributed by atoms with van der Waals surface area (Å²) in [5.74, 6) is 0.811. The number of carbonyl (C=O) groups is 1. The van der Waals surface area contributed by atoms with E-state index in [1.165, 1.54) is 6.20 Å². The number of allylic oxidation sites excluding steroid dienone is 1. The van der Waals surface area contributed by atoms with Crippen LogP contribution >= 0.6 is 0 Å². The SMILES string of the molecule is NC=CC(=Nc1ccccc1)c1cc(OC2CCNC2)c2c(c1)C1(CCC1)C(=O)N2. The predicted molar refractivity (Wildman–Crippen MR) is 118 cm³/mol. The van der Waals surface area contributed by atoms with Gasteiger partial charge in [0.15, 0.2) is 0 Å². The number of aliphatic imine (C=N–C) groups is 1. The molecular formula is C24H26N4O2. The van der Waals surface area contributed by atoms with E-state index in [-0.39, 0.29) is 12.0 Å². The summed E-state index contributed by atoms with van der Waals surface area (Å²) in [5, 5.41) is 6.45. The standard InChI is InChI=1S/C24H26N4O2/c25-11-7-20(27-17-5-2-1-3-6-17)16-13-19-22(28-23(29)24(19)9-4-10-24)21(14-16)30-18-8-12-26-15-18/h1-3,5-7,11,13-14,18,26H,4,8-10,12,15,25H2,(H,28,29). The highest BCUT2D eigenvalue weighted by atomic mass is 16.5. The van der Waals surface area contributed by atoms with E-state index >= 15 is 0 Å². The van der Waals surface area contributed by atoms with Gasteiger partial charge in [-0.2, -0.15) is 0 Å². The molecule has 2 aromatic rings. The zero-order valence-electron chi connectivity index (χ0n) is 16.9. The van der Waals surface area contributed by atoms with Gasteiger partial charge in [-0.1, -0.05) is 24.6 Å². The molecule has 2 fully saturated rings. The van der Waals surface area contributed by atoms with Crippen molar-refractivity contribution in [2.45, 2.75) is 37.2 Å². The fourth-order valence-electron chi connectivity index (χ4n) is 4.58. The molecule has 0 bridgehead atoms. The highest BCUT2D eigenvalue weighted by Gasteiger charge is 2.52. The number of nitrogens with two attached hydrogens (primary N) is 1. The van der Waals surface area contributed by atoms with Gasteiger partial charge in [0, 0.05) is 12.1 Å². The fourth-order valence-corrected chi connectivity index (χ4v) is 4.58. The normalized spacial score (nSPS) is 22.2. The monoisotopic (exact) mass is 402 g/mol. The van der Waals surface area contributed by atoms with Gasteiger partial charge in [-0.3, -0.25) is 4.79 Å². The first kappa shape index (κ1) is 18.9. The van der Waals surface area contributed by atoms with Crippen LogP contribution in [0.3, 0.4) is 0 Å². The number of nitrogens with one attached hydrogen (secondary N) is 2. The molecule has 1 aliphatic carbocycles. The molecule has 1 saturated carbocycles. The quantitative estimate of drug-likeness (QED) is 0.669. The second kappa shape index (κ2) is 7.61. The zero-order chi connectivity index (χ0) is 20.6. The van der Waals surface area contributed by atoms with Crippen LogP contribution in [0.5, 0.6) is 5.75 Å². The van der Waals surface area contributed by atoms with Crippen molar-refractivity contribution < 1.29 is 9.53 Å². The molecule has 1 saturated heterocycles. The van der Waals surface area contributed by atoms with E-state index in [1.807, 2.05) is 36.4 Å². The summed E-state index contributed by atoms with van der Waals surface area (Å²) >= 11 is 0. The molecule has 2 aromatic carbocycles. The Morgan fingerprint density at radius 1 is 1.23 bits per heavy atom. The minimum absolute atomic E-state index is 0.0891. The minimum atomic E-state index is -0.429. The highest BCUT2D eigenvalue weighted by Crippen LogP contribution is 2.54. The highest BCUT2D eigenvalue weighted by molar-refractivity contribution is 6.13. The van der Waals surface area contributed by atoms with Crippen molar-refractivity contribution in [2.75, 3.05) is 18.4 Å². The third-order valence-electron chi connectivity index (χ3n) is 6.36. The van der Waals surface area contributed by atoms with Gasteiger partial charge in [-0.15, -0.1) is 0 Å². The van der Waals surface area contributed by atoms with Gasteiger partial charge < -0.3 is 21.1 Å². The maximum atomic E-state index is 12.9. The van der Waals surface area contributed by atoms with Crippen molar-refractivity contribution >= 4 is 23.0 Å². The largest absolute Gasteiger partial charge is 0.487 e. The molecule has 2 heterocycles. The van der Waals surface area contributed by atoms with E-state index in [2.05, 4.69) is 16.7 Å². The molecule has 1 unspecified atom stereocenters. The maximum absolute atomic E-state index is 12.9. The van der Waals surface area contributed by atoms with Gasteiger partial charge in [0.2, 0.25) is 5.91 Å². The number of para-hydroxylation sites is 1. The summed E-state index contributed by atoms with van der Waals surface area (Å²) in [4.78, 5) is 17.7. The topological polar surface area (TPSA) is 88.7 Å². The molecular weight excluding hydrogens is 376 g/mol. The maximum Gasteiger partial charge on any atom is 0.235 e. The second-order valence-electron chi connectivity index (χ2n) is 8.21. The van der Waals surface area contributed by atoms with Crippen molar-refractivity contribution in [3.8, 4) is 5.75 Å². The van der Waals surface area contributed by atoms with Gasteiger partial charge in [0.1, 0.15) is 11.9 Å². The Balaban J connectivity index is 1.63. The molecule has 154 valence electrons. The molecule has 1 spiro atoms. The molecule has 4 N–H and O–H groups in total. The number of fused-ring (bicyclic) bond motifs is 2. The van der Waals surface area contributed by atoms with E-state index in [9.17, 15) is 4.79 Å². The number of benzene rings is 2. The minimum Gasteiger partial charge on any atom is -0.487 e. The van der Waals surface area contributed by atoms with Crippen molar-refractivity contribution in [1.82, 2.24) is 5.32 Å². The van der Waals surface area contributed by atoms with Crippen LogP contribution in [0, 0.1) is 0 Å². The summed E-state index contributed by atoms with van der Waals surface area (Å²) in [6.07, 6.45) is 7.15. The lowest BCUT2D eigenvalue weighted by atomic mass is 9.65. The lowest BCUT2D eigenvalue weighted by Gasteiger charge is -2.36. The van der Waals surface area contributed by atoms with Crippen LogP contribution in [0.2, 0.25) is 0 Å². The molecule has 3 aliphatic rings. The molecule has 1 amide bonds. The number of rotatable bonds is 5. The van der Waals surface area contributed by atoms with E-state index in [1.54, 1.807) is 6.08 Å². The first-order chi connectivity index (χ1) is 14.7. The number of nitrogens with zero attached hydrogens (tertiary/aromatic N) is 1. The van der Waals surface area contributed by atoms with Crippen molar-refractivity contribution in [3.05, 3.63) is 65.9 Å². The van der Waals surface area contributed by atoms with Crippen LogP contribution in [-0.2, 0) is 10.2 Å². The first-order valence-corrected chi connectivity index (χ1v) is 10.6. The Labute approximate surface area is 176 Å². The van der Waals surface area contributed by atoms with E-state index < -0.39 is 5.41 Å². The molecule has 6 heteroatoms. The predicted octanol–water partition coefficient (Wildman–Crippen LogP) is 3.39. The van der Waals surface area contributed by atoms with Crippen LogP contribution < -0.4 is 21.1 Å². The van der Waals surface area contributed by atoms with Gasteiger partial charge in [0.25, 0.3) is 0 Å². The number of hydrogen-bond donors (Lipinski definition) is 3. The number of hydrogen-bond acceptors (Lipinski definition) is 5. The molecule has 1 atom stereocenters. The van der Waals surface area contributed by atoms with Crippen molar-refractivity contribution in [2.24, 2.45) is 10.7 Å². The van der Waals surface area contributed by atoms with Gasteiger partial charge >= 0.3 is 0 Å². The molecule has 6 nitrogen and oxygen atoms in total. The summed E-state index contributed by atoms with van der Waals surface area (Å²) in [6, 6.07) is 13.9. The molecule has 30 heavy (non-hydrogen) atoms. The van der Waals surface area contributed by atoms with E-state index in [4.69, 9.17) is 15.5 Å². The van der Waals surface area contributed by atoms with Crippen LogP contribution in [0.25, 0.3) is 0 Å². The summed E-state index contributed by atoms with van der Waals surface area (Å²) < 4.78 is 6.36. The van der Waals surface area contributed by atoms with Crippen LogP contribution in [0.15, 0.2) is 59.7 Å². The van der Waals surface area contributed by atoms with Crippen LogP contribution in [0.1, 0.15) is 36.8 Å². The molecule has 0 radical (unpaired) electrons. The summed E-state index contributed by atoms with van der Waals surface area (Å²) in [7, 11) is 0. The Kier molecular flexibility index (Phi) is 4.79. The number of carbonyl (C=O) groups excluding carboxylic acids is 1. The Bertz CT molecular complexity index is 1020. The lowest BCUT2D eigenvalue weighted by molar-refractivity contribution is -0.123. The average Bonchev–Trinajstić information content (AvgIpc) is 3.33. The Hall–Kier alpha value is -3.12. The van der Waals surface area contributed by atoms with E-state index in [0.29, 0.717) is 0 Å². The average molecular weight is 402 g/mol. The van der Waals surface area contributed by atoms with Gasteiger partial charge in [0.05, 0.1) is 22.5 Å². The fraction of sp³-hybridized carbons (Fsp3) is 0.333. The van der Waals surface area contributed by atoms with Gasteiger partial charge in [-0.25, -0.2) is 4.99 Å². The van der Waals surface area contributed by atoms with Crippen molar-refractivity contribution in [1.29, 1.82) is 0 Å². The summed E-state index contributed by atoms with van der Waals surface area (Å²) in [6.45, 7) is 1.76. The summed E-state index contributed by atoms with van der Waals surface area (Å²) in [5.41, 5.74) is 9.67. The number of amides is 1. The molecule has 5 rings (SSSR count). The lowest BCUT2D eigenvalue weighted by Crippen LogP contribution is -2.40. The molecule has 0 aromatic heterocycles. The van der Waals surface area contributed by atoms with E-state index in [0.717, 1.165) is 72.7 Å². The Morgan fingerprint density at radius 3 is 2.73 bits per heavy atom. The van der Waals surface area contributed by atoms with Gasteiger partial charge in [-0.05, 0) is 67.9 Å². The van der Waals surface area contributed by atoms with Crippen LogP contribution in [0.4, 0.5) is 11.4 Å². The third-order valence-corrected chi connectivity index (χ3v) is 6.36. The first-order valence-electron chi connectivity index (χ1n) is 10.6. The zero-order valence-corrected chi connectivity index (χ0v) is 16.9. The number of anilines is 1. The Morgan fingerprint density at radius 2 is 2.07 bits per heavy atom. The smallest absolute Gasteiger partial charge is 0.235 e. The number of ether oxygens (including phenoxy) is 1. The van der Waals surface area contributed by atoms with Crippen LogP contribution in [-0.4, -0.2) is 30.8 Å². The van der Waals surface area contributed by atoms with Crippen molar-refractivity contribution in [3.63, 3.8) is 0 Å². The second-order valence-corrected chi connectivity index (χ2v) is 8.21.